The second kappa shape index (κ2) is 9.13. The Morgan fingerprint density at radius 1 is 1.10 bits per heavy atom. The first-order valence-corrected chi connectivity index (χ1v) is 9.52. The van der Waals surface area contributed by atoms with Gasteiger partial charge >= 0.3 is 11.9 Å². The maximum atomic E-state index is 12.4. The quantitative estimate of drug-likeness (QED) is 0.680. The number of H-pyrrole nitrogens is 1. The second-order valence-corrected chi connectivity index (χ2v) is 7.55. The maximum absolute atomic E-state index is 12.4. The van der Waals surface area contributed by atoms with Crippen molar-refractivity contribution in [2.24, 2.45) is 0 Å². The molecule has 2 aromatic rings. The number of ether oxygens (including phenoxy) is 2. The molecule has 2 rings (SSSR count). The summed E-state index contributed by atoms with van der Waals surface area (Å²) in [7, 11) is 0. The summed E-state index contributed by atoms with van der Waals surface area (Å²) in [5, 5.41) is 3.06. The number of esters is 2. The minimum absolute atomic E-state index is 0.107. The summed E-state index contributed by atoms with van der Waals surface area (Å²) in [6, 6.07) is 3.62. The lowest BCUT2D eigenvalue weighted by Gasteiger charge is -2.12. The summed E-state index contributed by atoms with van der Waals surface area (Å²) < 4.78 is 10.3. The summed E-state index contributed by atoms with van der Waals surface area (Å²) in [6.07, 6.45) is -0.285. The number of aromatic nitrogens is 1. The van der Waals surface area contributed by atoms with Crippen molar-refractivity contribution < 1.29 is 23.9 Å². The standard InChI is InChI=1S/C21H25ClN2O5/c1-10(2)29-20(26)17-13(5)19(23-14(17)6)21(27)28-9-16(25)24-18-12(4)7-11(3)8-15(18)22/h7-8,10,23H,9H2,1-6H3,(H,24,25). The molecule has 7 nitrogen and oxygen atoms in total. The lowest BCUT2D eigenvalue weighted by atomic mass is 10.1. The molecule has 29 heavy (non-hydrogen) atoms. The van der Waals surface area contributed by atoms with E-state index >= 15 is 0 Å². The van der Waals surface area contributed by atoms with E-state index in [1.54, 1.807) is 33.8 Å². The van der Waals surface area contributed by atoms with Gasteiger partial charge < -0.3 is 19.8 Å². The summed E-state index contributed by atoms with van der Waals surface area (Å²) in [5.41, 5.74) is 3.55. The lowest BCUT2D eigenvalue weighted by molar-refractivity contribution is -0.119. The van der Waals surface area contributed by atoms with Crippen LogP contribution in [-0.2, 0) is 14.3 Å². The number of carbonyl (C=O) groups excluding carboxylic acids is 3. The van der Waals surface area contributed by atoms with Crippen LogP contribution in [0.2, 0.25) is 5.02 Å². The van der Waals surface area contributed by atoms with Crippen LogP contribution in [0.1, 0.15) is 57.1 Å². The molecule has 0 aliphatic rings. The number of hydrogen-bond donors (Lipinski definition) is 2. The van der Waals surface area contributed by atoms with Gasteiger partial charge in [0.15, 0.2) is 6.61 Å². The molecule has 0 radical (unpaired) electrons. The Balaban J connectivity index is 2.06. The number of hydrogen-bond acceptors (Lipinski definition) is 5. The molecule has 0 bridgehead atoms. The molecule has 0 unspecified atom stereocenters. The van der Waals surface area contributed by atoms with Gasteiger partial charge in [-0.25, -0.2) is 9.59 Å². The minimum atomic E-state index is -0.740. The average molecular weight is 421 g/mol. The normalized spacial score (nSPS) is 10.8. The van der Waals surface area contributed by atoms with Gasteiger partial charge in [-0.15, -0.1) is 0 Å². The Kier molecular flexibility index (Phi) is 7.08. The Hall–Kier alpha value is -2.80. The number of rotatable bonds is 6. The highest BCUT2D eigenvalue weighted by Crippen LogP contribution is 2.27. The van der Waals surface area contributed by atoms with E-state index in [9.17, 15) is 14.4 Å². The second-order valence-electron chi connectivity index (χ2n) is 7.14. The van der Waals surface area contributed by atoms with Crippen molar-refractivity contribution in [3.05, 3.63) is 50.8 Å². The van der Waals surface area contributed by atoms with Crippen molar-refractivity contribution in [1.29, 1.82) is 0 Å². The molecule has 1 amide bonds. The number of halogens is 1. The molecule has 1 aromatic heterocycles. The Morgan fingerprint density at radius 3 is 2.34 bits per heavy atom. The van der Waals surface area contributed by atoms with E-state index in [0.29, 0.717) is 22.0 Å². The van der Waals surface area contributed by atoms with Gasteiger partial charge in [0.1, 0.15) is 5.69 Å². The fourth-order valence-electron chi connectivity index (χ4n) is 2.99. The zero-order valence-corrected chi connectivity index (χ0v) is 18.1. The first kappa shape index (κ1) is 22.5. The molecule has 0 aliphatic carbocycles. The van der Waals surface area contributed by atoms with Crippen LogP contribution < -0.4 is 5.32 Å². The fourth-order valence-corrected chi connectivity index (χ4v) is 3.35. The maximum Gasteiger partial charge on any atom is 0.355 e. The molecule has 0 aliphatic heterocycles. The lowest BCUT2D eigenvalue weighted by Crippen LogP contribution is -2.22. The highest BCUT2D eigenvalue weighted by molar-refractivity contribution is 6.34. The predicted molar refractivity (Wildman–Crippen MR) is 111 cm³/mol. The molecule has 8 heteroatoms. The number of aromatic amines is 1. The number of amides is 1. The topological polar surface area (TPSA) is 97.5 Å². The van der Waals surface area contributed by atoms with E-state index in [-0.39, 0.29) is 17.4 Å². The van der Waals surface area contributed by atoms with Crippen LogP contribution >= 0.6 is 11.6 Å². The van der Waals surface area contributed by atoms with Gasteiger partial charge in [0, 0.05) is 5.69 Å². The summed E-state index contributed by atoms with van der Waals surface area (Å²) in [5.74, 6) is -1.78. The van der Waals surface area contributed by atoms with Gasteiger partial charge in [-0.3, -0.25) is 4.79 Å². The number of nitrogens with one attached hydrogen (secondary N) is 2. The van der Waals surface area contributed by atoms with Crippen LogP contribution in [0.5, 0.6) is 0 Å². The largest absolute Gasteiger partial charge is 0.459 e. The van der Waals surface area contributed by atoms with Gasteiger partial charge in [0.05, 0.1) is 22.4 Å². The van der Waals surface area contributed by atoms with Crippen LogP contribution in [0.4, 0.5) is 5.69 Å². The molecule has 2 N–H and O–H groups in total. The van der Waals surface area contributed by atoms with E-state index in [1.165, 1.54) is 0 Å². The number of anilines is 1. The number of carbonyl (C=O) groups is 3. The SMILES string of the molecule is Cc1cc(C)c(NC(=O)COC(=O)c2[nH]c(C)c(C(=O)OC(C)C)c2C)c(Cl)c1. The predicted octanol–water partition coefficient (Wildman–Crippen LogP) is 4.26. The van der Waals surface area contributed by atoms with Gasteiger partial charge in [-0.05, 0) is 64.3 Å². The van der Waals surface area contributed by atoms with E-state index in [4.69, 9.17) is 21.1 Å². The molecule has 0 spiro atoms. The van der Waals surface area contributed by atoms with Crippen molar-refractivity contribution in [3.8, 4) is 0 Å². The molecule has 0 atom stereocenters. The molecule has 1 heterocycles. The molecule has 1 aromatic carbocycles. The molecule has 0 saturated heterocycles. The summed E-state index contributed by atoms with van der Waals surface area (Å²) >= 11 is 6.17. The van der Waals surface area contributed by atoms with Crippen LogP contribution in [-0.4, -0.2) is 35.5 Å². The van der Waals surface area contributed by atoms with Crippen LogP contribution in [0.15, 0.2) is 12.1 Å². The Labute approximate surface area is 174 Å². The van der Waals surface area contributed by atoms with Crippen molar-refractivity contribution in [3.63, 3.8) is 0 Å². The third-order valence-corrected chi connectivity index (χ3v) is 4.52. The van der Waals surface area contributed by atoms with Gasteiger partial charge in [-0.1, -0.05) is 17.7 Å². The Morgan fingerprint density at radius 2 is 1.76 bits per heavy atom. The molecule has 156 valence electrons. The van der Waals surface area contributed by atoms with Crippen LogP contribution in [0, 0.1) is 27.7 Å². The van der Waals surface area contributed by atoms with Crippen LogP contribution in [0.3, 0.4) is 0 Å². The zero-order valence-electron chi connectivity index (χ0n) is 17.4. The third-order valence-electron chi connectivity index (χ3n) is 4.22. The Bertz CT molecular complexity index is 939. The van der Waals surface area contributed by atoms with E-state index in [2.05, 4.69) is 10.3 Å². The minimum Gasteiger partial charge on any atom is -0.459 e. The molecule has 0 fully saturated rings. The van der Waals surface area contributed by atoms with E-state index in [0.717, 1.165) is 11.1 Å². The van der Waals surface area contributed by atoms with Crippen molar-refractivity contribution in [1.82, 2.24) is 4.98 Å². The zero-order chi connectivity index (χ0) is 21.9. The first-order chi connectivity index (χ1) is 13.5. The van der Waals surface area contributed by atoms with Gasteiger partial charge in [-0.2, -0.15) is 0 Å². The molecular weight excluding hydrogens is 396 g/mol. The smallest absolute Gasteiger partial charge is 0.355 e. The number of aryl methyl sites for hydroxylation is 3. The van der Waals surface area contributed by atoms with Gasteiger partial charge in [0.25, 0.3) is 5.91 Å². The summed E-state index contributed by atoms with van der Waals surface area (Å²) in [6.45, 7) is 9.99. The fraction of sp³-hybridized carbons (Fsp3) is 0.381. The third kappa shape index (κ3) is 5.38. The van der Waals surface area contributed by atoms with Crippen molar-refractivity contribution in [2.75, 3.05) is 11.9 Å². The monoisotopic (exact) mass is 420 g/mol. The van der Waals surface area contributed by atoms with Gasteiger partial charge in [0.2, 0.25) is 0 Å². The number of benzene rings is 1. The average Bonchev–Trinajstić information content (AvgIpc) is 2.89. The first-order valence-electron chi connectivity index (χ1n) is 9.15. The molecular formula is C21H25ClN2O5. The van der Waals surface area contributed by atoms with E-state index in [1.807, 2.05) is 19.9 Å². The molecule has 0 saturated carbocycles. The summed E-state index contributed by atoms with van der Waals surface area (Å²) in [4.78, 5) is 39.6. The van der Waals surface area contributed by atoms with Crippen LogP contribution in [0.25, 0.3) is 0 Å². The van der Waals surface area contributed by atoms with Crippen molar-refractivity contribution >= 4 is 35.1 Å². The highest BCUT2D eigenvalue weighted by atomic mass is 35.5. The highest BCUT2D eigenvalue weighted by Gasteiger charge is 2.25. The van der Waals surface area contributed by atoms with E-state index < -0.39 is 24.5 Å². The van der Waals surface area contributed by atoms with Crippen molar-refractivity contribution in [2.45, 2.75) is 47.6 Å².